The number of H-pyrrole nitrogens is 1. The molecule has 174 valence electrons. The van der Waals surface area contributed by atoms with Crippen molar-refractivity contribution in [1.29, 1.82) is 0 Å². The van der Waals surface area contributed by atoms with Crippen LogP contribution in [-0.2, 0) is 28.8 Å². The van der Waals surface area contributed by atoms with Crippen LogP contribution in [0.4, 0.5) is 0 Å². The first-order valence-corrected chi connectivity index (χ1v) is 12.2. The molecule has 1 aliphatic heterocycles. The highest BCUT2D eigenvalue weighted by Gasteiger charge is 2.31. The summed E-state index contributed by atoms with van der Waals surface area (Å²) in [6, 6.07) is 17.4. The van der Waals surface area contributed by atoms with Crippen molar-refractivity contribution in [3.63, 3.8) is 0 Å². The average molecular weight is 447 g/mol. The maximum absolute atomic E-state index is 13.3. The van der Waals surface area contributed by atoms with Crippen LogP contribution in [-0.4, -0.2) is 71.8 Å². The molecule has 33 heavy (non-hydrogen) atoms. The van der Waals surface area contributed by atoms with Crippen LogP contribution in [0.25, 0.3) is 10.9 Å². The van der Waals surface area contributed by atoms with Crippen LogP contribution in [0, 0.1) is 5.92 Å². The normalized spacial score (nSPS) is 19.1. The smallest absolute Gasteiger partial charge is 0.228 e. The Balaban J connectivity index is 1.23. The zero-order chi connectivity index (χ0) is 22.6. The number of amides is 1. The van der Waals surface area contributed by atoms with E-state index < -0.39 is 0 Å². The molecule has 0 bridgehead atoms. The number of nitrogens with one attached hydrogen (secondary N) is 1. The lowest BCUT2D eigenvalue weighted by molar-refractivity contribution is -0.132. The number of benzene rings is 2. The van der Waals surface area contributed by atoms with Gasteiger partial charge in [0.05, 0.1) is 24.2 Å². The van der Waals surface area contributed by atoms with Crippen LogP contribution >= 0.6 is 0 Å². The fraction of sp³-hybridized carbons (Fsp3) is 0.481. The standard InChI is InChI=1S/C27H34N4O2/c1-33-14-13-31(27(32)17-26-24-10-4-5-11-25(24)28-29-26)19-20-7-6-12-30(18-20)23-15-21-8-2-3-9-22(21)16-23/h2-5,8-11,20,23H,6-7,12-19H2,1H3,(H,28,29). The summed E-state index contributed by atoms with van der Waals surface area (Å²) in [6.45, 7) is 4.23. The lowest BCUT2D eigenvalue weighted by atomic mass is 9.95. The SMILES string of the molecule is COCCN(CC1CCCN(C2Cc3ccccc3C2)C1)C(=O)Cc1[nH]nc2ccccc12. The molecule has 1 aromatic heterocycles. The molecule has 1 saturated heterocycles. The fourth-order valence-corrected chi connectivity index (χ4v) is 5.61. The van der Waals surface area contributed by atoms with Crippen molar-refractivity contribution in [3.8, 4) is 0 Å². The molecule has 3 aromatic rings. The van der Waals surface area contributed by atoms with Gasteiger partial charge in [0.25, 0.3) is 0 Å². The topological polar surface area (TPSA) is 61.5 Å². The molecule has 1 atom stereocenters. The molecule has 2 aromatic carbocycles. The van der Waals surface area contributed by atoms with E-state index >= 15 is 0 Å². The molecule has 0 radical (unpaired) electrons. The molecular weight excluding hydrogens is 412 g/mol. The van der Waals surface area contributed by atoms with E-state index in [4.69, 9.17) is 4.74 Å². The molecule has 6 nitrogen and oxygen atoms in total. The first-order valence-electron chi connectivity index (χ1n) is 12.2. The number of nitrogens with zero attached hydrogens (tertiary/aromatic N) is 3. The van der Waals surface area contributed by atoms with E-state index in [2.05, 4.69) is 39.4 Å². The number of aromatic nitrogens is 2. The van der Waals surface area contributed by atoms with Crippen LogP contribution in [0.3, 0.4) is 0 Å². The van der Waals surface area contributed by atoms with Crippen molar-refractivity contribution in [3.05, 3.63) is 65.4 Å². The third-order valence-electron chi connectivity index (χ3n) is 7.36. The number of hydrogen-bond donors (Lipinski definition) is 1. The van der Waals surface area contributed by atoms with Crippen molar-refractivity contribution in [1.82, 2.24) is 20.0 Å². The quantitative estimate of drug-likeness (QED) is 0.576. The number of likely N-dealkylation sites (tertiary alicyclic amines) is 1. The number of carbonyl (C=O) groups excluding carboxylic acids is 1. The van der Waals surface area contributed by atoms with Gasteiger partial charge in [-0.1, -0.05) is 42.5 Å². The minimum Gasteiger partial charge on any atom is -0.383 e. The van der Waals surface area contributed by atoms with Gasteiger partial charge >= 0.3 is 0 Å². The van der Waals surface area contributed by atoms with Gasteiger partial charge in [-0.3, -0.25) is 14.8 Å². The second-order valence-electron chi connectivity index (χ2n) is 9.56. The van der Waals surface area contributed by atoms with Gasteiger partial charge in [0.15, 0.2) is 0 Å². The Morgan fingerprint density at radius 1 is 1.15 bits per heavy atom. The second-order valence-corrected chi connectivity index (χ2v) is 9.56. The summed E-state index contributed by atoms with van der Waals surface area (Å²) in [5.74, 6) is 0.647. The van der Waals surface area contributed by atoms with E-state index in [1.807, 2.05) is 29.2 Å². The third kappa shape index (κ3) is 4.97. The van der Waals surface area contributed by atoms with Crippen molar-refractivity contribution in [2.75, 3.05) is 39.9 Å². The zero-order valence-corrected chi connectivity index (χ0v) is 19.5. The number of para-hydroxylation sites is 1. The Hall–Kier alpha value is -2.70. The van der Waals surface area contributed by atoms with Crippen LogP contribution < -0.4 is 0 Å². The Labute approximate surface area is 195 Å². The lowest BCUT2D eigenvalue weighted by Gasteiger charge is -2.38. The predicted octanol–water partition coefficient (Wildman–Crippen LogP) is 3.46. The summed E-state index contributed by atoms with van der Waals surface area (Å²) in [5, 5.41) is 8.46. The van der Waals surface area contributed by atoms with Crippen molar-refractivity contribution in [2.45, 2.75) is 38.1 Å². The number of piperidine rings is 1. The van der Waals surface area contributed by atoms with Crippen LogP contribution in [0.2, 0.25) is 0 Å². The summed E-state index contributed by atoms with van der Waals surface area (Å²) in [5.41, 5.74) is 4.82. The molecule has 1 unspecified atom stereocenters. The monoisotopic (exact) mass is 446 g/mol. The summed E-state index contributed by atoms with van der Waals surface area (Å²) in [7, 11) is 1.70. The molecule has 1 aliphatic carbocycles. The summed E-state index contributed by atoms with van der Waals surface area (Å²) in [4.78, 5) is 18.0. The Morgan fingerprint density at radius 2 is 1.91 bits per heavy atom. The number of rotatable bonds is 8. The Kier molecular flexibility index (Phi) is 6.74. The molecule has 1 amide bonds. The number of fused-ring (bicyclic) bond motifs is 2. The van der Waals surface area contributed by atoms with Crippen molar-refractivity contribution in [2.24, 2.45) is 5.92 Å². The number of hydrogen-bond acceptors (Lipinski definition) is 4. The number of aromatic amines is 1. The minimum absolute atomic E-state index is 0.145. The largest absolute Gasteiger partial charge is 0.383 e. The van der Waals surface area contributed by atoms with Gasteiger partial charge in [-0.25, -0.2) is 0 Å². The highest BCUT2D eigenvalue weighted by atomic mass is 16.5. The van der Waals surface area contributed by atoms with Crippen LogP contribution in [0.15, 0.2) is 48.5 Å². The van der Waals surface area contributed by atoms with Gasteiger partial charge in [-0.05, 0) is 55.3 Å². The molecule has 1 N–H and O–H groups in total. The van der Waals surface area contributed by atoms with Gasteiger partial charge in [0.1, 0.15) is 0 Å². The van der Waals surface area contributed by atoms with Gasteiger partial charge in [-0.15, -0.1) is 0 Å². The Morgan fingerprint density at radius 3 is 2.70 bits per heavy atom. The van der Waals surface area contributed by atoms with Gasteiger partial charge in [0.2, 0.25) is 5.91 Å². The van der Waals surface area contributed by atoms with E-state index in [1.54, 1.807) is 7.11 Å². The van der Waals surface area contributed by atoms with E-state index in [9.17, 15) is 4.79 Å². The predicted molar refractivity (Wildman–Crippen MR) is 130 cm³/mol. The van der Waals surface area contributed by atoms with Crippen molar-refractivity contribution >= 4 is 16.8 Å². The van der Waals surface area contributed by atoms with Crippen LogP contribution in [0.1, 0.15) is 29.7 Å². The molecule has 1 fully saturated rings. The maximum Gasteiger partial charge on any atom is 0.228 e. The summed E-state index contributed by atoms with van der Waals surface area (Å²) in [6.07, 6.45) is 5.04. The van der Waals surface area contributed by atoms with Gasteiger partial charge in [0, 0.05) is 38.2 Å². The van der Waals surface area contributed by atoms with Gasteiger partial charge < -0.3 is 9.64 Å². The third-order valence-corrected chi connectivity index (χ3v) is 7.36. The first-order chi connectivity index (χ1) is 16.2. The number of ether oxygens (including phenoxy) is 1. The van der Waals surface area contributed by atoms with Crippen LogP contribution in [0.5, 0.6) is 0 Å². The maximum atomic E-state index is 13.3. The molecule has 2 aliphatic rings. The molecule has 6 heteroatoms. The first kappa shape index (κ1) is 22.1. The second kappa shape index (κ2) is 10.1. The zero-order valence-electron chi connectivity index (χ0n) is 19.5. The molecular formula is C27H34N4O2. The minimum atomic E-state index is 0.145. The summed E-state index contributed by atoms with van der Waals surface area (Å²) < 4.78 is 5.33. The highest BCUT2D eigenvalue weighted by molar-refractivity contribution is 5.87. The fourth-order valence-electron chi connectivity index (χ4n) is 5.61. The van der Waals surface area contributed by atoms with E-state index in [-0.39, 0.29) is 5.91 Å². The van der Waals surface area contributed by atoms with Crippen molar-refractivity contribution < 1.29 is 9.53 Å². The average Bonchev–Trinajstić information content (AvgIpc) is 3.46. The molecule has 5 rings (SSSR count). The molecule has 0 spiro atoms. The molecule has 2 heterocycles. The highest BCUT2D eigenvalue weighted by Crippen LogP contribution is 2.29. The van der Waals surface area contributed by atoms with E-state index in [0.29, 0.717) is 31.5 Å². The van der Waals surface area contributed by atoms with E-state index in [0.717, 1.165) is 42.5 Å². The van der Waals surface area contributed by atoms with Gasteiger partial charge in [-0.2, -0.15) is 5.10 Å². The Bertz CT molecular complexity index is 1070. The lowest BCUT2D eigenvalue weighted by Crippen LogP contribution is -2.47. The number of methoxy groups -OCH3 is 1. The van der Waals surface area contributed by atoms with E-state index in [1.165, 1.54) is 30.5 Å². The molecule has 0 saturated carbocycles. The summed E-state index contributed by atoms with van der Waals surface area (Å²) >= 11 is 0. The number of carbonyl (C=O) groups is 1.